The predicted octanol–water partition coefficient (Wildman–Crippen LogP) is 0.479. The van der Waals surface area contributed by atoms with Crippen LogP contribution in [0.25, 0.3) is 0 Å². The first-order valence-electron chi connectivity index (χ1n) is 10.5. The van der Waals surface area contributed by atoms with Gasteiger partial charge in [0, 0.05) is 38.8 Å². The van der Waals surface area contributed by atoms with Crippen molar-refractivity contribution in [3.05, 3.63) is 29.8 Å². The van der Waals surface area contributed by atoms with Crippen molar-refractivity contribution in [3.8, 4) is 0 Å². The normalized spacial score (nSPS) is 28.1. The van der Waals surface area contributed by atoms with Gasteiger partial charge in [0.15, 0.2) is 9.84 Å². The molecule has 0 aromatic heterocycles. The summed E-state index contributed by atoms with van der Waals surface area (Å²) in [6.07, 6.45) is 1.86. The minimum Gasteiger partial charge on any atom is -0.339 e. The van der Waals surface area contributed by atoms with Crippen molar-refractivity contribution < 1.29 is 21.6 Å². The van der Waals surface area contributed by atoms with Crippen molar-refractivity contribution in [1.82, 2.24) is 14.1 Å². The average molecular weight is 456 g/mol. The van der Waals surface area contributed by atoms with Crippen LogP contribution in [0.4, 0.5) is 0 Å². The Hall–Kier alpha value is -1.49. The number of hydrogen-bond acceptors (Lipinski definition) is 6. The Labute approximate surface area is 178 Å². The summed E-state index contributed by atoms with van der Waals surface area (Å²) >= 11 is 0. The van der Waals surface area contributed by atoms with E-state index >= 15 is 0 Å². The van der Waals surface area contributed by atoms with Crippen LogP contribution in [-0.2, 0) is 24.7 Å². The molecule has 3 heterocycles. The summed E-state index contributed by atoms with van der Waals surface area (Å²) in [6.45, 7) is 4.52. The van der Waals surface area contributed by atoms with E-state index in [0.29, 0.717) is 52.0 Å². The fourth-order valence-electron chi connectivity index (χ4n) is 4.70. The van der Waals surface area contributed by atoms with Crippen molar-refractivity contribution >= 4 is 25.8 Å². The highest BCUT2D eigenvalue weighted by Crippen LogP contribution is 2.28. The van der Waals surface area contributed by atoms with Gasteiger partial charge in [-0.1, -0.05) is 17.7 Å². The second-order valence-corrected chi connectivity index (χ2v) is 12.6. The van der Waals surface area contributed by atoms with Gasteiger partial charge in [-0.15, -0.1) is 0 Å². The monoisotopic (exact) mass is 455 g/mol. The van der Waals surface area contributed by atoms with Crippen LogP contribution in [-0.4, -0.2) is 93.2 Å². The van der Waals surface area contributed by atoms with Gasteiger partial charge >= 0.3 is 0 Å². The van der Waals surface area contributed by atoms with E-state index in [1.807, 2.05) is 6.92 Å². The van der Waals surface area contributed by atoms with Gasteiger partial charge in [-0.3, -0.25) is 9.69 Å². The van der Waals surface area contributed by atoms with Crippen LogP contribution in [0.5, 0.6) is 0 Å². The average Bonchev–Trinajstić information content (AvgIpc) is 3.35. The van der Waals surface area contributed by atoms with E-state index in [-0.39, 0.29) is 28.4 Å². The van der Waals surface area contributed by atoms with Gasteiger partial charge in [0.25, 0.3) is 0 Å². The number of benzene rings is 1. The molecule has 0 N–H and O–H groups in total. The lowest BCUT2D eigenvalue weighted by molar-refractivity contribution is -0.136. The van der Waals surface area contributed by atoms with Crippen molar-refractivity contribution in [2.24, 2.45) is 0 Å². The number of rotatable bonds is 4. The molecule has 1 aromatic rings. The number of amides is 1. The summed E-state index contributed by atoms with van der Waals surface area (Å²) in [5, 5.41) is 0. The van der Waals surface area contributed by atoms with E-state index in [9.17, 15) is 21.6 Å². The third-order valence-corrected chi connectivity index (χ3v) is 10.1. The van der Waals surface area contributed by atoms with Crippen molar-refractivity contribution in [3.63, 3.8) is 0 Å². The quantitative estimate of drug-likeness (QED) is 0.655. The zero-order valence-corrected chi connectivity index (χ0v) is 18.9. The number of sulfone groups is 1. The van der Waals surface area contributed by atoms with Crippen LogP contribution in [0.15, 0.2) is 29.2 Å². The van der Waals surface area contributed by atoms with Crippen LogP contribution in [0.3, 0.4) is 0 Å². The SMILES string of the molecule is Cc1ccc(S(=O)(=O)N2CCC[C@@H]2C(=O)N2CCN([C@@H]3CCS(=O)(=O)C3)CC2)cc1. The summed E-state index contributed by atoms with van der Waals surface area (Å²) < 4.78 is 51.1. The molecule has 0 spiro atoms. The zero-order valence-electron chi connectivity index (χ0n) is 17.2. The maximum absolute atomic E-state index is 13.2. The second-order valence-electron chi connectivity index (χ2n) is 8.50. The number of sulfonamides is 1. The first kappa shape index (κ1) is 21.7. The maximum Gasteiger partial charge on any atom is 0.243 e. The van der Waals surface area contributed by atoms with Gasteiger partial charge in [-0.25, -0.2) is 16.8 Å². The molecule has 8 nitrogen and oxygen atoms in total. The van der Waals surface area contributed by atoms with Crippen LogP contribution < -0.4 is 0 Å². The van der Waals surface area contributed by atoms with Crippen LogP contribution in [0.1, 0.15) is 24.8 Å². The lowest BCUT2D eigenvalue weighted by Gasteiger charge is -2.39. The summed E-state index contributed by atoms with van der Waals surface area (Å²) in [5.74, 6) is 0.304. The molecule has 0 radical (unpaired) electrons. The Morgan fingerprint density at radius 2 is 1.67 bits per heavy atom. The first-order chi connectivity index (χ1) is 14.2. The molecule has 2 atom stereocenters. The lowest BCUT2D eigenvalue weighted by atomic mass is 10.1. The highest BCUT2D eigenvalue weighted by molar-refractivity contribution is 7.91. The fourth-order valence-corrected chi connectivity index (χ4v) is 8.11. The topological polar surface area (TPSA) is 95.1 Å². The van der Waals surface area contributed by atoms with E-state index in [1.165, 1.54) is 4.31 Å². The van der Waals surface area contributed by atoms with Gasteiger partial charge < -0.3 is 4.90 Å². The number of hydrogen-bond donors (Lipinski definition) is 0. The van der Waals surface area contributed by atoms with E-state index in [4.69, 9.17) is 0 Å². The van der Waals surface area contributed by atoms with Gasteiger partial charge in [0.05, 0.1) is 16.4 Å². The summed E-state index contributed by atoms with van der Waals surface area (Å²) in [6, 6.07) is 6.11. The van der Waals surface area contributed by atoms with E-state index < -0.39 is 25.9 Å². The van der Waals surface area contributed by atoms with Gasteiger partial charge in [-0.05, 0) is 38.3 Å². The minimum absolute atomic E-state index is 0.0390. The number of carbonyl (C=O) groups excluding carboxylic acids is 1. The van der Waals surface area contributed by atoms with Crippen LogP contribution >= 0.6 is 0 Å². The molecule has 0 unspecified atom stereocenters. The Morgan fingerprint density at radius 3 is 2.27 bits per heavy atom. The molecule has 166 valence electrons. The number of piperazine rings is 1. The molecule has 1 amide bonds. The molecule has 4 rings (SSSR count). The highest BCUT2D eigenvalue weighted by atomic mass is 32.2. The lowest BCUT2D eigenvalue weighted by Crippen LogP contribution is -2.56. The number of carbonyl (C=O) groups is 1. The Bertz CT molecular complexity index is 999. The molecule has 1 aromatic carbocycles. The summed E-state index contributed by atoms with van der Waals surface area (Å²) in [4.78, 5) is 17.3. The largest absolute Gasteiger partial charge is 0.339 e. The molecule has 0 bridgehead atoms. The number of nitrogens with zero attached hydrogens (tertiary/aromatic N) is 3. The third-order valence-electron chi connectivity index (χ3n) is 6.47. The van der Waals surface area contributed by atoms with Gasteiger partial charge in [0.1, 0.15) is 6.04 Å². The molecule has 10 heteroatoms. The van der Waals surface area contributed by atoms with Gasteiger partial charge in [0.2, 0.25) is 15.9 Å². The molecule has 0 aliphatic carbocycles. The van der Waals surface area contributed by atoms with E-state index in [0.717, 1.165) is 5.56 Å². The van der Waals surface area contributed by atoms with E-state index in [1.54, 1.807) is 29.2 Å². The van der Waals surface area contributed by atoms with Crippen molar-refractivity contribution in [2.45, 2.75) is 43.2 Å². The van der Waals surface area contributed by atoms with Crippen LogP contribution in [0, 0.1) is 6.92 Å². The predicted molar refractivity (Wildman–Crippen MR) is 113 cm³/mol. The highest BCUT2D eigenvalue weighted by Gasteiger charge is 2.42. The Balaban J connectivity index is 1.41. The summed E-state index contributed by atoms with van der Waals surface area (Å²) in [7, 11) is -6.65. The van der Waals surface area contributed by atoms with Crippen LogP contribution in [0.2, 0.25) is 0 Å². The Kier molecular flexibility index (Phi) is 5.95. The maximum atomic E-state index is 13.2. The standard InChI is InChI=1S/C20H29N3O5S2/c1-16-4-6-18(7-5-16)30(27,28)23-9-2-3-19(23)20(24)22-12-10-21(11-13-22)17-8-14-29(25,26)15-17/h4-7,17,19H,2-3,8-15H2,1H3/t17-,19-/m1/s1. The molecule has 3 saturated heterocycles. The molecule has 30 heavy (non-hydrogen) atoms. The molecule has 3 aliphatic rings. The smallest absolute Gasteiger partial charge is 0.243 e. The molecule has 3 fully saturated rings. The molecular weight excluding hydrogens is 426 g/mol. The molecule has 0 saturated carbocycles. The van der Waals surface area contributed by atoms with Crippen molar-refractivity contribution in [1.29, 1.82) is 0 Å². The second kappa shape index (κ2) is 8.22. The van der Waals surface area contributed by atoms with E-state index in [2.05, 4.69) is 4.90 Å². The first-order valence-corrected chi connectivity index (χ1v) is 13.8. The minimum atomic E-state index is -3.72. The molecular formula is C20H29N3O5S2. The van der Waals surface area contributed by atoms with Gasteiger partial charge in [-0.2, -0.15) is 4.31 Å². The van der Waals surface area contributed by atoms with Crippen molar-refractivity contribution in [2.75, 3.05) is 44.2 Å². The molecule has 3 aliphatic heterocycles. The number of aryl methyl sites for hydroxylation is 1. The zero-order chi connectivity index (χ0) is 21.5. The Morgan fingerprint density at radius 1 is 1.00 bits per heavy atom. The fraction of sp³-hybridized carbons (Fsp3) is 0.650. The summed E-state index contributed by atoms with van der Waals surface area (Å²) in [5.41, 5.74) is 0.982. The third kappa shape index (κ3) is 4.28.